The lowest BCUT2D eigenvalue weighted by atomic mass is 9.98. The van der Waals surface area contributed by atoms with Crippen molar-refractivity contribution in [1.29, 1.82) is 0 Å². The van der Waals surface area contributed by atoms with Gasteiger partial charge in [-0.15, -0.1) is 0 Å². The van der Waals surface area contributed by atoms with Crippen LogP contribution in [0.5, 0.6) is 0 Å². The van der Waals surface area contributed by atoms with E-state index >= 15 is 0 Å². The number of rotatable bonds is 4. The fourth-order valence-electron chi connectivity index (χ4n) is 3.17. The Morgan fingerprint density at radius 1 is 0.778 bits per heavy atom. The standard InChI is InChI=1S/C18H26O8S/c1-8-11(19)13(21)14(22)17(24-8)26-16-12(20)9(2)25-18(15(16)23)27-10-6-4-3-5-7-10/h3-9,11-23H,1-2H3/t8?,9?,11-,12-,13?,14?,15?,16?,17-,18-/m0/s1. The molecular formula is C18H26O8S. The molecule has 27 heavy (non-hydrogen) atoms. The second-order valence-corrected chi connectivity index (χ2v) is 8.08. The summed E-state index contributed by atoms with van der Waals surface area (Å²) in [5, 5.41) is 51.0. The van der Waals surface area contributed by atoms with Crippen molar-refractivity contribution < 1.29 is 39.7 Å². The van der Waals surface area contributed by atoms with Gasteiger partial charge in [-0.2, -0.15) is 0 Å². The second kappa shape index (κ2) is 8.73. The molecule has 2 saturated heterocycles. The van der Waals surface area contributed by atoms with Gasteiger partial charge < -0.3 is 39.7 Å². The fourth-order valence-corrected chi connectivity index (χ4v) is 4.28. The summed E-state index contributed by atoms with van der Waals surface area (Å²) in [5.41, 5.74) is -0.704. The van der Waals surface area contributed by atoms with E-state index in [9.17, 15) is 25.5 Å². The van der Waals surface area contributed by atoms with Gasteiger partial charge >= 0.3 is 0 Å². The molecule has 2 fully saturated rings. The van der Waals surface area contributed by atoms with Crippen LogP contribution in [-0.4, -0.2) is 86.1 Å². The molecule has 0 aliphatic carbocycles. The van der Waals surface area contributed by atoms with Crippen LogP contribution in [0.4, 0.5) is 0 Å². The minimum atomic E-state index is -1.52. The predicted octanol–water partition coefficient (Wildman–Crippen LogP) is -0.542. The molecule has 2 aliphatic rings. The molecule has 2 aliphatic heterocycles. The first-order chi connectivity index (χ1) is 12.8. The largest absolute Gasteiger partial charge is 0.388 e. The van der Waals surface area contributed by atoms with Crippen LogP contribution in [-0.2, 0) is 14.2 Å². The number of aliphatic hydroxyl groups excluding tert-OH is 5. The fraction of sp³-hybridized carbons (Fsp3) is 0.667. The smallest absolute Gasteiger partial charge is 0.187 e. The molecule has 8 nitrogen and oxygen atoms in total. The second-order valence-electron chi connectivity index (χ2n) is 6.90. The van der Waals surface area contributed by atoms with Gasteiger partial charge in [-0.05, 0) is 26.0 Å². The normalized spacial score (nSPS) is 45.6. The maximum atomic E-state index is 10.7. The van der Waals surface area contributed by atoms with Gasteiger partial charge in [0.15, 0.2) is 6.29 Å². The van der Waals surface area contributed by atoms with E-state index in [-0.39, 0.29) is 0 Å². The van der Waals surface area contributed by atoms with Gasteiger partial charge in [-0.25, -0.2) is 0 Å². The molecule has 10 atom stereocenters. The van der Waals surface area contributed by atoms with Crippen LogP contribution in [0.2, 0.25) is 0 Å². The lowest BCUT2D eigenvalue weighted by Gasteiger charge is -2.45. The molecule has 2 heterocycles. The number of thioether (sulfide) groups is 1. The van der Waals surface area contributed by atoms with Gasteiger partial charge in [-0.3, -0.25) is 0 Å². The van der Waals surface area contributed by atoms with E-state index in [4.69, 9.17) is 14.2 Å². The molecule has 0 bridgehead atoms. The van der Waals surface area contributed by atoms with Crippen LogP contribution in [0.25, 0.3) is 0 Å². The minimum absolute atomic E-state index is 0.631. The molecule has 152 valence electrons. The van der Waals surface area contributed by atoms with Crippen LogP contribution in [0, 0.1) is 0 Å². The number of hydrogen-bond acceptors (Lipinski definition) is 9. The van der Waals surface area contributed by atoms with E-state index in [0.29, 0.717) is 0 Å². The molecule has 0 spiro atoms. The summed E-state index contributed by atoms with van der Waals surface area (Å²) in [4.78, 5) is 0.880. The van der Waals surface area contributed by atoms with Gasteiger partial charge in [0.2, 0.25) is 0 Å². The van der Waals surface area contributed by atoms with Crippen molar-refractivity contribution >= 4 is 11.8 Å². The molecule has 9 heteroatoms. The Morgan fingerprint density at radius 2 is 1.41 bits per heavy atom. The third-order valence-electron chi connectivity index (χ3n) is 4.88. The van der Waals surface area contributed by atoms with Crippen molar-refractivity contribution in [2.24, 2.45) is 0 Å². The van der Waals surface area contributed by atoms with Crippen molar-refractivity contribution in [3.05, 3.63) is 30.3 Å². The first kappa shape index (κ1) is 21.0. The van der Waals surface area contributed by atoms with E-state index in [1.54, 1.807) is 6.92 Å². The number of benzene rings is 1. The third-order valence-corrected chi connectivity index (χ3v) is 6.04. The highest BCUT2D eigenvalue weighted by atomic mass is 32.2. The zero-order valence-corrected chi connectivity index (χ0v) is 15.8. The molecule has 0 radical (unpaired) electrons. The minimum Gasteiger partial charge on any atom is -0.388 e. The van der Waals surface area contributed by atoms with Crippen LogP contribution in [0.3, 0.4) is 0 Å². The summed E-state index contributed by atoms with van der Waals surface area (Å²) in [6, 6.07) is 9.36. The molecule has 0 amide bonds. The average molecular weight is 402 g/mol. The molecule has 3 rings (SSSR count). The zero-order chi connectivity index (χ0) is 19.7. The van der Waals surface area contributed by atoms with Gasteiger partial charge in [0.1, 0.15) is 42.1 Å². The van der Waals surface area contributed by atoms with Crippen molar-refractivity contribution in [2.45, 2.75) is 79.3 Å². The summed E-state index contributed by atoms with van der Waals surface area (Å²) in [5.74, 6) is 0. The topological polar surface area (TPSA) is 129 Å². The van der Waals surface area contributed by atoms with E-state index in [2.05, 4.69) is 0 Å². The Morgan fingerprint density at radius 3 is 2.07 bits per heavy atom. The summed E-state index contributed by atoms with van der Waals surface area (Å²) >= 11 is 1.29. The van der Waals surface area contributed by atoms with Crippen LogP contribution in [0.15, 0.2) is 35.2 Å². The van der Waals surface area contributed by atoms with Crippen molar-refractivity contribution in [3.63, 3.8) is 0 Å². The first-order valence-corrected chi connectivity index (χ1v) is 9.76. The Bertz CT molecular complexity index is 604. The van der Waals surface area contributed by atoms with Crippen molar-refractivity contribution in [2.75, 3.05) is 0 Å². The maximum absolute atomic E-state index is 10.7. The Labute approximate surface area is 161 Å². The van der Waals surface area contributed by atoms with Gasteiger partial charge in [0.05, 0.1) is 12.2 Å². The summed E-state index contributed by atoms with van der Waals surface area (Å²) in [6.45, 7) is 3.19. The van der Waals surface area contributed by atoms with E-state index in [1.165, 1.54) is 18.7 Å². The molecule has 6 unspecified atom stereocenters. The molecule has 1 aromatic carbocycles. The number of aliphatic hydroxyl groups is 5. The van der Waals surface area contributed by atoms with Crippen molar-refractivity contribution in [1.82, 2.24) is 0 Å². The van der Waals surface area contributed by atoms with E-state index in [1.807, 2.05) is 30.3 Å². The van der Waals surface area contributed by atoms with Crippen LogP contribution in [0.1, 0.15) is 13.8 Å². The summed E-state index contributed by atoms with van der Waals surface area (Å²) < 4.78 is 16.8. The highest BCUT2D eigenvalue weighted by Gasteiger charge is 2.49. The first-order valence-electron chi connectivity index (χ1n) is 8.88. The van der Waals surface area contributed by atoms with Gasteiger partial charge in [0, 0.05) is 4.90 Å². The average Bonchev–Trinajstić information content (AvgIpc) is 2.66. The van der Waals surface area contributed by atoms with Crippen LogP contribution < -0.4 is 0 Å². The predicted molar refractivity (Wildman–Crippen MR) is 95.9 cm³/mol. The molecular weight excluding hydrogens is 376 g/mol. The molecule has 0 aromatic heterocycles. The quantitative estimate of drug-likeness (QED) is 0.451. The number of ether oxygens (including phenoxy) is 3. The SMILES string of the molecule is CC1O[C@@H](OC2C(O)[C@H](Sc3ccccc3)OC(C)[C@@H]2O)C(O)C(O)[C@H]1O. The maximum Gasteiger partial charge on any atom is 0.187 e. The highest BCUT2D eigenvalue weighted by Crippen LogP contribution is 2.35. The Balaban J connectivity index is 1.72. The molecule has 5 N–H and O–H groups in total. The van der Waals surface area contributed by atoms with Gasteiger partial charge in [0.25, 0.3) is 0 Å². The summed E-state index contributed by atoms with van der Waals surface area (Å²) in [6.07, 6.45) is -10.4. The van der Waals surface area contributed by atoms with Crippen LogP contribution >= 0.6 is 11.8 Å². The van der Waals surface area contributed by atoms with Gasteiger partial charge in [-0.1, -0.05) is 30.0 Å². The van der Waals surface area contributed by atoms with E-state index in [0.717, 1.165) is 4.90 Å². The Kier molecular flexibility index (Phi) is 6.78. The monoisotopic (exact) mass is 402 g/mol. The zero-order valence-electron chi connectivity index (χ0n) is 15.0. The lowest BCUT2D eigenvalue weighted by molar-refractivity contribution is -0.331. The highest BCUT2D eigenvalue weighted by molar-refractivity contribution is 7.99. The molecule has 0 saturated carbocycles. The summed E-state index contributed by atoms with van der Waals surface area (Å²) in [7, 11) is 0. The van der Waals surface area contributed by atoms with E-state index < -0.39 is 60.6 Å². The third kappa shape index (κ3) is 4.47. The number of hydrogen-bond donors (Lipinski definition) is 5. The molecule has 1 aromatic rings. The Hall–Kier alpha value is -0.750. The lowest BCUT2D eigenvalue weighted by Crippen LogP contribution is -2.62. The van der Waals surface area contributed by atoms with Crippen molar-refractivity contribution in [3.8, 4) is 0 Å².